The van der Waals surface area contributed by atoms with E-state index < -0.39 is 0 Å². The molecule has 1 heterocycles. The molecule has 0 aliphatic heterocycles. The summed E-state index contributed by atoms with van der Waals surface area (Å²) in [6, 6.07) is 23.6. The van der Waals surface area contributed by atoms with Crippen LogP contribution in [-0.4, -0.2) is 15.9 Å². The number of fused-ring (bicyclic) bond motifs is 1. The summed E-state index contributed by atoms with van der Waals surface area (Å²) >= 11 is 0. The number of amides is 1. The number of benzene rings is 3. The van der Waals surface area contributed by atoms with Gasteiger partial charge in [0.2, 0.25) is 0 Å². The van der Waals surface area contributed by atoms with E-state index in [9.17, 15) is 4.79 Å². The summed E-state index contributed by atoms with van der Waals surface area (Å²) in [6.45, 7) is 2.01. The quantitative estimate of drug-likeness (QED) is 0.534. The van der Waals surface area contributed by atoms with Crippen LogP contribution in [0, 0.1) is 6.92 Å². The molecule has 0 spiro atoms. The largest absolute Gasteiger partial charge is 0.342 e. The van der Waals surface area contributed by atoms with E-state index >= 15 is 0 Å². The Morgan fingerprint density at radius 1 is 0.963 bits per heavy atom. The molecule has 27 heavy (non-hydrogen) atoms. The first kappa shape index (κ1) is 17.0. The molecular formula is C23H21N3O. The minimum absolute atomic E-state index is 0.0931. The third-order valence-electron chi connectivity index (χ3n) is 4.59. The number of nitrogens with zero attached hydrogens (tertiary/aromatic N) is 1. The zero-order valence-electron chi connectivity index (χ0n) is 15.2. The number of aromatic amines is 1. The van der Waals surface area contributed by atoms with Crippen molar-refractivity contribution >= 4 is 22.6 Å². The zero-order chi connectivity index (χ0) is 18.6. The molecule has 134 valence electrons. The van der Waals surface area contributed by atoms with Crippen molar-refractivity contribution in [1.29, 1.82) is 0 Å². The predicted molar refractivity (Wildman–Crippen MR) is 109 cm³/mol. The van der Waals surface area contributed by atoms with Gasteiger partial charge in [0.1, 0.15) is 5.82 Å². The summed E-state index contributed by atoms with van der Waals surface area (Å²) in [4.78, 5) is 20.4. The van der Waals surface area contributed by atoms with Crippen LogP contribution in [0.2, 0.25) is 0 Å². The molecule has 0 atom stereocenters. The molecule has 4 aromatic rings. The molecule has 0 bridgehead atoms. The first-order valence-corrected chi connectivity index (χ1v) is 9.08. The summed E-state index contributed by atoms with van der Waals surface area (Å²) in [5.41, 5.74) is 5.82. The molecule has 3 aromatic carbocycles. The smallest absolute Gasteiger partial charge is 0.255 e. The highest BCUT2D eigenvalue weighted by molar-refractivity contribution is 6.04. The standard InChI is InChI=1S/C23H21N3O/c1-16-9-12-18(13-10-16)23(27)24-19-6-4-5-17(15-19)11-14-22-25-20-7-2-3-8-21(20)26-22/h2-10,12-13,15H,11,14H2,1H3,(H,24,27)(H,25,26). The molecule has 0 saturated heterocycles. The van der Waals surface area contributed by atoms with Crippen molar-refractivity contribution in [2.75, 3.05) is 5.32 Å². The third-order valence-corrected chi connectivity index (χ3v) is 4.59. The summed E-state index contributed by atoms with van der Waals surface area (Å²) in [5.74, 6) is 0.884. The minimum atomic E-state index is -0.0931. The van der Waals surface area contributed by atoms with Gasteiger partial charge in [-0.2, -0.15) is 0 Å². The van der Waals surface area contributed by atoms with Crippen LogP contribution in [0.25, 0.3) is 11.0 Å². The molecule has 0 saturated carbocycles. The van der Waals surface area contributed by atoms with Crippen LogP contribution >= 0.6 is 0 Å². The van der Waals surface area contributed by atoms with E-state index in [0.717, 1.165) is 46.5 Å². The SMILES string of the molecule is Cc1ccc(C(=O)Nc2cccc(CCc3nc4ccccc4[nH]3)c2)cc1. The molecule has 0 aliphatic rings. The Hall–Kier alpha value is -3.40. The highest BCUT2D eigenvalue weighted by Crippen LogP contribution is 2.16. The molecule has 0 radical (unpaired) electrons. The first-order valence-electron chi connectivity index (χ1n) is 9.08. The number of carbonyl (C=O) groups is 1. The maximum Gasteiger partial charge on any atom is 0.255 e. The predicted octanol–water partition coefficient (Wildman–Crippen LogP) is 4.91. The lowest BCUT2D eigenvalue weighted by molar-refractivity contribution is 0.102. The molecule has 4 rings (SSSR count). The van der Waals surface area contributed by atoms with Crippen LogP contribution in [0.5, 0.6) is 0 Å². The van der Waals surface area contributed by atoms with Crippen LogP contribution in [0.3, 0.4) is 0 Å². The fourth-order valence-electron chi connectivity index (χ4n) is 3.10. The average Bonchev–Trinajstić information content (AvgIpc) is 3.10. The second-order valence-corrected chi connectivity index (χ2v) is 6.72. The van der Waals surface area contributed by atoms with Crippen molar-refractivity contribution < 1.29 is 4.79 Å². The molecular weight excluding hydrogens is 334 g/mol. The summed E-state index contributed by atoms with van der Waals surface area (Å²) in [6.07, 6.45) is 1.68. The number of imidazole rings is 1. The number of H-pyrrole nitrogens is 1. The van der Waals surface area contributed by atoms with Gasteiger partial charge in [0.15, 0.2) is 0 Å². The van der Waals surface area contributed by atoms with E-state index in [4.69, 9.17) is 0 Å². The maximum absolute atomic E-state index is 12.4. The number of hydrogen-bond acceptors (Lipinski definition) is 2. The number of anilines is 1. The van der Waals surface area contributed by atoms with Crippen LogP contribution in [0.4, 0.5) is 5.69 Å². The van der Waals surface area contributed by atoms with Crippen LogP contribution in [0.1, 0.15) is 27.3 Å². The molecule has 4 heteroatoms. The highest BCUT2D eigenvalue weighted by atomic mass is 16.1. The Bertz CT molecular complexity index is 1050. The Labute approximate surface area is 158 Å². The lowest BCUT2D eigenvalue weighted by Gasteiger charge is -2.08. The van der Waals surface area contributed by atoms with Crippen molar-refractivity contribution in [3.05, 3.63) is 95.3 Å². The topological polar surface area (TPSA) is 57.8 Å². The normalized spacial score (nSPS) is 10.9. The monoisotopic (exact) mass is 355 g/mol. The van der Waals surface area contributed by atoms with Gasteiger partial charge >= 0.3 is 0 Å². The van der Waals surface area contributed by atoms with Crippen molar-refractivity contribution in [3.8, 4) is 0 Å². The number of aryl methyl sites for hydroxylation is 3. The molecule has 1 aromatic heterocycles. The maximum atomic E-state index is 12.4. The van der Waals surface area contributed by atoms with Crippen molar-refractivity contribution in [3.63, 3.8) is 0 Å². The van der Waals surface area contributed by atoms with Crippen molar-refractivity contribution in [2.24, 2.45) is 0 Å². The fourth-order valence-corrected chi connectivity index (χ4v) is 3.10. The molecule has 2 N–H and O–H groups in total. The number of carbonyl (C=O) groups excluding carboxylic acids is 1. The Morgan fingerprint density at radius 2 is 1.78 bits per heavy atom. The van der Waals surface area contributed by atoms with Gasteiger partial charge in [-0.05, 0) is 55.3 Å². The van der Waals surface area contributed by atoms with E-state index in [2.05, 4.69) is 21.4 Å². The Morgan fingerprint density at radius 3 is 2.59 bits per heavy atom. The lowest BCUT2D eigenvalue weighted by Crippen LogP contribution is -2.12. The second kappa shape index (κ2) is 7.46. The second-order valence-electron chi connectivity index (χ2n) is 6.72. The first-order chi connectivity index (χ1) is 13.2. The van der Waals surface area contributed by atoms with Gasteiger partial charge in [-0.1, -0.05) is 42.0 Å². The molecule has 1 amide bonds. The van der Waals surface area contributed by atoms with Gasteiger partial charge in [-0.25, -0.2) is 4.98 Å². The van der Waals surface area contributed by atoms with Gasteiger partial charge in [0.05, 0.1) is 11.0 Å². The van der Waals surface area contributed by atoms with Gasteiger partial charge in [0.25, 0.3) is 5.91 Å². The summed E-state index contributed by atoms with van der Waals surface area (Å²) in [5, 5.41) is 2.98. The van der Waals surface area contributed by atoms with E-state index in [-0.39, 0.29) is 5.91 Å². The van der Waals surface area contributed by atoms with Gasteiger partial charge in [0, 0.05) is 17.7 Å². The Kier molecular flexibility index (Phi) is 4.71. The third kappa shape index (κ3) is 4.06. The van der Waals surface area contributed by atoms with Crippen LogP contribution in [0.15, 0.2) is 72.8 Å². The van der Waals surface area contributed by atoms with E-state index in [1.54, 1.807) is 0 Å². The number of aromatic nitrogens is 2. The van der Waals surface area contributed by atoms with E-state index in [1.807, 2.05) is 73.7 Å². The molecule has 0 unspecified atom stereocenters. The zero-order valence-corrected chi connectivity index (χ0v) is 15.2. The number of rotatable bonds is 5. The molecule has 4 nitrogen and oxygen atoms in total. The average molecular weight is 355 g/mol. The fraction of sp³-hybridized carbons (Fsp3) is 0.130. The minimum Gasteiger partial charge on any atom is -0.342 e. The Balaban J connectivity index is 1.42. The summed E-state index contributed by atoms with van der Waals surface area (Å²) < 4.78 is 0. The number of hydrogen-bond donors (Lipinski definition) is 2. The van der Waals surface area contributed by atoms with E-state index in [0.29, 0.717) is 5.56 Å². The van der Waals surface area contributed by atoms with Crippen molar-refractivity contribution in [2.45, 2.75) is 19.8 Å². The van der Waals surface area contributed by atoms with Gasteiger partial charge in [-0.3, -0.25) is 4.79 Å². The number of nitrogens with one attached hydrogen (secondary N) is 2. The molecule has 0 aliphatic carbocycles. The van der Waals surface area contributed by atoms with Gasteiger partial charge in [-0.15, -0.1) is 0 Å². The molecule has 0 fully saturated rings. The number of para-hydroxylation sites is 2. The lowest BCUT2D eigenvalue weighted by atomic mass is 10.1. The van der Waals surface area contributed by atoms with E-state index in [1.165, 1.54) is 0 Å². The van der Waals surface area contributed by atoms with Crippen LogP contribution in [-0.2, 0) is 12.8 Å². The van der Waals surface area contributed by atoms with Gasteiger partial charge < -0.3 is 10.3 Å². The highest BCUT2D eigenvalue weighted by Gasteiger charge is 2.07. The van der Waals surface area contributed by atoms with Crippen LogP contribution < -0.4 is 5.32 Å². The van der Waals surface area contributed by atoms with Crippen molar-refractivity contribution in [1.82, 2.24) is 9.97 Å². The summed E-state index contributed by atoms with van der Waals surface area (Å²) in [7, 11) is 0.